The molecule has 6 heavy (non-hydrogen) atoms. The van der Waals surface area contributed by atoms with Crippen LogP contribution in [-0.2, 0) is 4.18 Å². The van der Waals surface area contributed by atoms with Crippen LogP contribution in [-0.4, -0.2) is 4.39 Å². The predicted molar refractivity (Wildman–Crippen MR) is 26.2 cm³/mol. The van der Waals surface area contributed by atoms with Crippen LogP contribution in [0.3, 0.4) is 0 Å². The van der Waals surface area contributed by atoms with Crippen LogP contribution in [0.4, 0.5) is 0 Å². The normalized spacial score (nSPS) is 42.2. The molecule has 0 amide bonds. The van der Waals surface area contributed by atoms with Gasteiger partial charge in [0.05, 0.1) is 12.0 Å². The molecule has 1 unspecified atom stereocenters. The molecular weight excluding hydrogens is 122 g/mol. The van der Waals surface area contributed by atoms with E-state index in [1.165, 1.54) is 0 Å². The SMILES string of the molecule is O=NC1(S)OS1. The molecule has 1 heterocycles. The fraction of sp³-hybridized carbons (Fsp3) is 1.00. The van der Waals surface area contributed by atoms with Crippen LogP contribution in [0.2, 0.25) is 0 Å². The topological polar surface area (TPSA) is 42.0 Å². The minimum atomic E-state index is -1.03. The molecule has 0 N–H and O–H groups in total. The Morgan fingerprint density at radius 1 is 2.00 bits per heavy atom. The number of nitrogens with zero attached hydrogens (tertiary/aromatic N) is 1. The van der Waals surface area contributed by atoms with E-state index in [2.05, 4.69) is 22.0 Å². The molecule has 0 aromatic rings. The lowest BCUT2D eigenvalue weighted by molar-refractivity contribution is 0.440. The molecule has 1 fully saturated rings. The highest BCUT2D eigenvalue weighted by molar-refractivity contribution is 8.14. The van der Waals surface area contributed by atoms with Crippen molar-refractivity contribution in [3.8, 4) is 0 Å². The lowest BCUT2D eigenvalue weighted by Gasteiger charge is -1.74. The molecule has 1 rings (SSSR count). The van der Waals surface area contributed by atoms with E-state index in [-0.39, 0.29) is 0 Å². The van der Waals surface area contributed by atoms with E-state index >= 15 is 0 Å². The van der Waals surface area contributed by atoms with Crippen LogP contribution >= 0.6 is 24.7 Å². The molecule has 0 saturated carbocycles. The Bertz CT molecular complexity index is 79.6. The molecule has 1 atom stereocenters. The average molecular weight is 123 g/mol. The molecule has 0 aromatic heterocycles. The van der Waals surface area contributed by atoms with Gasteiger partial charge in [-0.25, -0.2) is 0 Å². The molecule has 0 radical (unpaired) electrons. The zero-order valence-electron chi connectivity index (χ0n) is 2.62. The van der Waals surface area contributed by atoms with Gasteiger partial charge in [-0.2, -0.15) is 0 Å². The summed E-state index contributed by atoms with van der Waals surface area (Å²) in [5.41, 5.74) is 0. The van der Waals surface area contributed by atoms with E-state index in [0.717, 1.165) is 12.0 Å². The summed E-state index contributed by atoms with van der Waals surface area (Å²) < 4.78 is 3.32. The summed E-state index contributed by atoms with van der Waals surface area (Å²) in [6.45, 7) is 0. The van der Waals surface area contributed by atoms with E-state index < -0.39 is 4.39 Å². The number of rotatable bonds is 1. The van der Waals surface area contributed by atoms with Gasteiger partial charge in [0.25, 0.3) is 0 Å². The fourth-order valence-electron chi connectivity index (χ4n) is 0.0677. The Morgan fingerprint density at radius 2 is 2.50 bits per heavy atom. The Morgan fingerprint density at radius 3 is 2.50 bits per heavy atom. The highest BCUT2D eigenvalue weighted by Crippen LogP contribution is 2.51. The third-order valence-corrected chi connectivity index (χ3v) is 1.42. The van der Waals surface area contributed by atoms with Crippen LogP contribution in [0.25, 0.3) is 0 Å². The van der Waals surface area contributed by atoms with Crippen LogP contribution in [0, 0.1) is 4.91 Å². The van der Waals surface area contributed by atoms with E-state index in [9.17, 15) is 4.91 Å². The molecule has 1 aliphatic heterocycles. The minimum absolute atomic E-state index is 0.956. The van der Waals surface area contributed by atoms with Gasteiger partial charge in [-0.05, 0) is 5.18 Å². The van der Waals surface area contributed by atoms with Gasteiger partial charge in [0.15, 0.2) is 0 Å². The van der Waals surface area contributed by atoms with Crippen molar-refractivity contribution < 1.29 is 4.18 Å². The molecule has 1 saturated heterocycles. The number of thiol groups is 1. The van der Waals surface area contributed by atoms with Crippen molar-refractivity contribution in [3.05, 3.63) is 4.91 Å². The Balaban J connectivity index is 2.47. The van der Waals surface area contributed by atoms with Gasteiger partial charge in [-0.1, -0.05) is 0 Å². The van der Waals surface area contributed by atoms with Gasteiger partial charge in [-0.15, -0.1) is 17.5 Å². The number of nitroso groups, excluding NO2 is 1. The van der Waals surface area contributed by atoms with Gasteiger partial charge in [0, 0.05) is 0 Å². The zero-order valence-corrected chi connectivity index (χ0v) is 4.33. The fourth-order valence-corrected chi connectivity index (χ4v) is 0.315. The second-order valence-corrected chi connectivity index (χ2v) is 2.60. The van der Waals surface area contributed by atoms with E-state index in [4.69, 9.17) is 0 Å². The Hall–Kier alpha value is 0.260. The summed E-state index contributed by atoms with van der Waals surface area (Å²) in [5.74, 6) is 0. The lowest BCUT2D eigenvalue weighted by atomic mass is 11.3. The highest BCUT2D eigenvalue weighted by Gasteiger charge is 2.46. The van der Waals surface area contributed by atoms with E-state index in [0.29, 0.717) is 0 Å². The first kappa shape index (κ1) is 4.42. The van der Waals surface area contributed by atoms with Crippen LogP contribution < -0.4 is 0 Å². The second-order valence-electron chi connectivity index (χ2n) is 0.806. The third kappa shape index (κ3) is 0.664. The number of hydrogen-bond acceptors (Lipinski definition) is 5. The van der Waals surface area contributed by atoms with Crippen molar-refractivity contribution in [3.63, 3.8) is 0 Å². The predicted octanol–water partition coefficient (Wildman–Crippen LogP) is 0.972. The monoisotopic (exact) mass is 123 g/mol. The van der Waals surface area contributed by atoms with Crippen molar-refractivity contribution >= 4 is 24.7 Å². The maximum Gasteiger partial charge on any atom is 0.329 e. The molecule has 1 aliphatic rings. The van der Waals surface area contributed by atoms with Gasteiger partial charge in [0.2, 0.25) is 0 Å². The first-order valence-electron chi connectivity index (χ1n) is 1.20. The summed E-state index contributed by atoms with van der Waals surface area (Å²) in [7, 11) is 0. The zero-order chi connectivity index (χ0) is 4.62. The summed E-state index contributed by atoms with van der Waals surface area (Å²) >= 11 is 4.58. The molecule has 34 valence electrons. The molecular formula is CHNO2S2. The molecule has 0 aromatic carbocycles. The minimum Gasteiger partial charge on any atom is -0.255 e. The largest absolute Gasteiger partial charge is 0.329 e. The van der Waals surface area contributed by atoms with Crippen molar-refractivity contribution in [1.82, 2.24) is 0 Å². The van der Waals surface area contributed by atoms with Crippen molar-refractivity contribution in [2.75, 3.05) is 0 Å². The Kier molecular flexibility index (Phi) is 0.820. The molecule has 0 spiro atoms. The molecule has 0 aliphatic carbocycles. The van der Waals surface area contributed by atoms with Gasteiger partial charge >= 0.3 is 4.39 Å². The number of hydrogen-bond donors (Lipinski definition) is 1. The maximum atomic E-state index is 9.42. The van der Waals surface area contributed by atoms with Gasteiger partial charge in [0.1, 0.15) is 0 Å². The Labute approximate surface area is 44.0 Å². The standard InChI is InChI=1S/CHNO2S2/c3-2-1(5)4-6-1/h5H. The summed E-state index contributed by atoms with van der Waals surface area (Å²) in [4.78, 5) is 9.42. The average Bonchev–Trinajstić information content (AvgIpc) is 2.22. The summed E-state index contributed by atoms with van der Waals surface area (Å²) in [6.07, 6.45) is 0. The molecule has 3 nitrogen and oxygen atoms in total. The van der Waals surface area contributed by atoms with E-state index in [1.54, 1.807) is 0 Å². The third-order valence-electron chi connectivity index (χ3n) is 0.348. The first-order chi connectivity index (χ1) is 2.77. The molecule has 5 heteroatoms. The van der Waals surface area contributed by atoms with Gasteiger partial charge < -0.3 is 0 Å². The summed E-state index contributed by atoms with van der Waals surface area (Å²) in [6, 6.07) is 0. The van der Waals surface area contributed by atoms with Crippen molar-refractivity contribution in [2.24, 2.45) is 5.18 Å². The van der Waals surface area contributed by atoms with E-state index in [1.807, 2.05) is 0 Å². The van der Waals surface area contributed by atoms with Crippen molar-refractivity contribution in [2.45, 2.75) is 4.39 Å². The van der Waals surface area contributed by atoms with Crippen molar-refractivity contribution in [1.29, 1.82) is 0 Å². The highest BCUT2D eigenvalue weighted by atomic mass is 32.2. The van der Waals surface area contributed by atoms with Crippen LogP contribution in [0.1, 0.15) is 0 Å². The smallest absolute Gasteiger partial charge is 0.255 e. The maximum absolute atomic E-state index is 9.42. The van der Waals surface area contributed by atoms with Crippen LogP contribution in [0.5, 0.6) is 0 Å². The van der Waals surface area contributed by atoms with Crippen LogP contribution in [0.15, 0.2) is 5.18 Å². The molecule has 0 bridgehead atoms. The first-order valence-corrected chi connectivity index (χ1v) is 2.39. The van der Waals surface area contributed by atoms with Gasteiger partial charge in [-0.3, -0.25) is 4.18 Å². The lowest BCUT2D eigenvalue weighted by Crippen LogP contribution is -1.84. The quantitative estimate of drug-likeness (QED) is 0.244. The second kappa shape index (κ2) is 1.11. The summed E-state index contributed by atoms with van der Waals surface area (Å²) in [5, 5.41) is 2.49.